The van der Waals surface area contributed by atoms with E-state index in [9.17, 15) is 4.79 Å². The Morgan fingerprint density at radius 2 is 2.40 bits per heavy atom. The summed E-state index contributed by atoms with van der Waals surface area (Å²) in [6, 6.07) is 0.0756. The van der Waals surface area contributed by atoms with Gasteiger partial charge in [0.05, 0.1) is 0 Å². The van der Waals surface area contributed by atoms with E-state index >= 15 is 0 Å². The van der Waals surface area contributed by atoms with Crippen LogP contribution in [0.3, 0.4) is 0 Å². The molecular formula is C12H21NO2. The Morgan fingerprint density at radius 1 is 1.60 bits per heavy atom. The normalized spacial score (nSPS) is 18.1. The SMILES string of the molecule is CC(CCO)NC(=O)CC1=CCCCC1. The molecule has 0 fully saturated rings. The van der Waals surface area contributed by atoms with Gasteiger partial charge in [-0.25, -0.2) is 0 Å². The Bertz CT molecular complexity index is 236. The zero-order chi connectivity index (χ0) is 11.1. The van der Waals surface area contributed by atoms with Crippen molar-refractivity contribution in [1.82, 2.24) is 5.32 Å². The van der Waals surface area contributed by atoms with Crippen LogP contribution in [0.5, 0.6) is 0 Å². The lowest BCUT2D eigenvalue weighted by Crippen LogP contribution is -2.33. The van der Waals surface area contributed by atoms with Crippen LogP contribution in [0.1, 0.15) is 45.4 Å². The molecule has 1 aliphatic carbocycles. The summed E-state index contributed by atoms with van der Waals surface area (Å²) in [5, 5.41) is 11.6. The summed E-state index contributed by atoms with van der Waals surface area (Å²) < 4.78 is 0. The second-order valence-corrected chi connectivity index (χ2v) is 4.27. The number of amides is 1. The van der Waals surface area contributed by atoms with Crippen molar-refractivity contribution in [3.8, 4) is 0 Å². The van der Waals surface area contributed by atoms with Gasteiger partial charge in [-0.2, -0.15) is 0 Å². The second-order valence-electron chi connectivity index (χ2n) is 4.27. The second kappa shape index (κ2) is 6.62. The van der Waals surface area contributed by atoms with Crippen molar-refractivity contribution in [2.24, 2.45) is 0 Å². The van der Waals surface area contributed by atoms with Gasteiger partial charge in [-0.05, 0) is 39.0 Å². The minimum Gasteiger partial charge on any atom is -0.396 e. The molecule has 0 aromatic carbocycles. The minimum atomic E-state index is 0.0756. The van der Waals surface area contributed by atoms with E-state index < -0.39 is 0 Å². The van der Waals surface area contributed by atoms with E-state index in [2.05, 4.69) is 11.4 Å². The number of carbonyl (C=O) groups is 1. The lowest BCUT2D eigenvalue weighted by atomic mass is 9.97. The third-order valence-electron chi connectivity index (χ3n) is 2.74. The van der Waals surface area contributed by atoms with Crippen molar-refractivity contribution in [2.45, 2.75) is 51.5 Å². The van der Waals surface area contributed by atoms with E-state index in [1.165, 1.54) is 18.4 Å². The molecule has 0 spiro atoms. The average molecular weight is 211 g/mol. The van der Waals surface area contributed by atoms with Gasteiger partial charge in [0.1, 0.15) is 0 Å². The Morgan fingerprint density at radius 3 is 3.00 bits per heavy atom. The molecule has 15 heavy (non-hydrogen) atoms. The maximum Gasteiger partial charge on any atom is 0.224 e. The Balaban J connectivity index is 2.25. The van der Waals surface area contributed by atoms with Crippen LogP contribution in [0.4, 0.5) is 0 Å². The first-order chi connectivity index (χ1) is 7.22. The fourth-order valence-corrected chi connectivity index (χ4v) is 1.86. The first-order valence-corrected chi connectivity index (χ1v) is 5.80. The van der Waals surface area contributed by atoms with Gasteiger partial charge in [0.25, 0.3) is 0 Å². The summed E-state index contributed by atoms with van der Waals surface area (Å²) in [5.41, 5.74) is 1.27. The fourth-order valence-electron chi connectivity index (χ4n) is 1.86. The van der Waals surface area contributed by atoms with Crippen LogP contribution in [-0.2, 0) is 4.79 Å². The molecule has 86 valence electrons. The molecule has 1 amide bonds. The predicted octanol–water partition coefficient (Wildman–Crippen LogP) is 1.76. The fraction of sp³-hybridized carbons (Fsp3) is 0.750. The highest BCUT2D eigenvalue weighted by Gasteiger charge is 2.10. The van der Waals surface area contributed by atoms with Crippen LogP contribution >= 0.6 is 0 Å². The van der Waals surface area contributed by atoms with E-state index in [1.54, 1.807) is 0 Å². The van der Waals surface area contributed by atoms with Gasteiger partial charge in [0.15, 0.2) is 0 Å². The smallest absolute Gasteiger partial charge is 0.224 e. The molecule has 0 aliphatic heterocycles. The molecule has 1 atom stereocenters. The number of rotatable bonds is 5. The molecule has 2 N–H and O–H groups in total. The van der Waals surface area contributed by atoms with Crippen molar-refractivity contribution in [1.29, 1.82) is 0 Å². The summed E-state index contributed by atoms with van der Waals surface area (Å²) in [7, 11) is 0. The van der Waals surface area contributed by atoms with Crippen LogP contribution in [0.15, 0.2) is 11.6 Å². The monoisotopic (exact) mass is 211 g/mol. The number of hydrogen-bond donors (Lipinski definition) is 2. The van der Waals surface area contributed by atoms with Gasteiger partial charge in [0.2, 0.25) is 5.91 Å². The minimum absolute atomic E-state index is 0.0756. The van der Waals surface area contributed by atoms with Crippen molar-refractivity contribution in [3.63, 3.8) is 0 Å². The molecule has 3 nitrogen and oxygen atoms in total. The molecule has 0 aromatic rings. The molecule has 0 aromatic heterocycles. The Labute approximate surface area is 91.6 Å². The number of aliphatic hydroxyl groups excluding tert-OH is 1. The third-order valence-corrected chi connectivity index (χ3v) is 2.74. The highest BCUT2D eigenvalue weighted by Crippen LogP contribution is 2.19. The van der Waals surface area contributed by atoms with Gasteiger partial charge in [-0.3, -0.25) is 4.79 Å². The van der Waals surface area contributed by atoms with Crippen molar-refractivity contribution in [3.05, 3.63) is 11.6 Å². The van der Waals surface area contributed by atoms with Crippen LogP contribution in [0, 0.1) is 0 Å². The summed E-state index contributed by atoms with van der Waals surface area (Å²) in [6.45, 7) is 2.05. The molecule has 1 aliphatic rings. The number of carbonyl (C=O) groups excluding carboxylic acids is 1. The van der Waals surface area contributed by atoms with Gasteiger partial charge in [0, 0.05) is 19.1 Å². The van der Waals surface area contributed by atoms with E-state index in [4.69, 9.17) is 5.11 Å². The maximum absolute atomic E-state index is 11.6. The largest absolute Gasteiger partial charge is 0.396 e. The summed E-state index contributed by atoms with van der Waals surface area (Å²) in [4.78, 5) is 11.6. The van der Waals surface area contributed by atoms with Gasteiger partial charge in [-0.1, -0.05) is 11.6 Å². The standard InChI is InChI=1S/C12H21NO2/c1-10(7-8-14)13-12(15)9-11-5-3-2-4-6-11/h5,10,14H,2-4,6-9H2,1H3,(H,13,15). The van der Waals surface area contributed by atoms with Crippen LogP contribution in [-0.4, -0.2) is 23.7 Å². The van der Waals surface area contributed by atoms with Gasteiger partial charge < -0.3 is 10.4 Å². The van der Waals surface area contributed by atoms with E-state index in [0.29, 0.717) is 12.8 Å². The molecule has 0 radical (unpaired) electrons. The molecule has 3 heteroatoms. The number of aliphatic hydroxyl groups is 1. The highest BCUT2D eigenvalue weighted by atomic mass is 16.3. The van der Waals surface area contributed by atoms with Crippen molar-refractivity contribution >= 4 is 5.91 Å². The molecule has 1 rings (SSSR count). The summed E-state index contributed by atoms with van der Waals surface area (Å²) in [5.74, 6) is 0.0871. The first kappa shape index (κ1) is 12.2. The summed E-state index contributed by atoms with van der Waals surface area (Å²) in [6.07, 6.45) is 8.02. The molecule has 1 unspecified atom stereocenters. The quantitative estimate of drug-likeness (QED) is 0.681. The Kier molecular flexibility index (Phi) is 5.40. The molecule has 0 saturated heterocycles. The third kappa shape index (κ3) is 4.98. The zero-order valence-electron chi connectivity index (χ0n) is 9.46. The lowest BCUT2D eigenvalue weighted by molar-refractivity contribution is -0.121. The first-order valence-electron chi connectivity index (χ1n) is 5.80. The molecule has 0 bridgehead atoms. The molecule has 0 heterocycles. The lowest BCUT2D eigenvalue weighted by Gasteiger charge is -2.15. The van der Waals surface area contributed by atoms with Gasteiger partial charge >= 0.3 is 0 Å². The summed E-state index contributed by atoms with van der Waals surface area (Å²) >= 11 is 0. The van der Waals surface area contributed by atoms with Gasteiger partial charge in [-0.15, -0.1) is 0 Å². The number of allylic oxidation sites excluding steroid dienone is 1. The predicted molar refractivity (Wildman–Crippen MR) is 60.5 cm³/mol. The topological polar surface area (TPSA) is 49.3 Å². The molecular weight excluding hydrogens is 190 g/mol. The van der Waals surface area contributed by atoms with E-state index in [-0.39, 0.29) is 18.6 Å². The zero-order valence-corrected chi connectivity index (χ0v) is 9.46. The van der Waals surface area contributed by atoms with Crippen molar-refractivity contribution in [2.75, 3.05) is 6.61 Å². The average Bonchev–Trinajstić information content (AvgIpc) is 2.19. The van der Waals surface area contributed by atoms with Crippen LogP contribution in [0.25, 0.3) is 0 Å². The molecule has 0 saturated carbocycles. The highest BCUT2D eigenvalue weighted by molar-refractivity contribution is 5.78. The number of nitrogens with one attached hydrogen (secondary N) is 1. The Hall–Kier alpha value is -0.830. The van der Waals surface area contributed by atoms with Crippen molar-refractivity contribution < 1.29 is 9.90 Å². The van der Waals surface area contributed by atoms with Crippen LogP contribution in [0.2, 0.25) is 0 Å². The van der Waals surface area contributed by atoms with Crippen LogP contribution < -0.4 is 5.32 Å². The number of hydrogen-bond acceptors (Lipinski definition) is 2. The maximum atomic E-state index is 11.6. The van der Waals surface area contributed by atoms with E-state index in [0.717, 1.165) is 12.8 Å². The van der Waals surface area contributed by atoms with E-state index in [1.807, 2.05) is 6.92 Å².